The van der Waals surface area contributed by atoms with Gasteiger partial charge >= 0.3 is 12.3 Å². The van der Waals surface area contributed by atoms with Gasteiger partial charge in [0.15, 0.2) is 0 Å². The molecule has 124 valence electrons. The summed E-state index contributed by atoms with van der Waals surface area (Å²) in [4.78, 5) is 16.7. The van der Waals surface area contributed by atoms with Gasteiger partial charge in [-0.05, 0) is 6.07 Å². The number of fused-ring (bicyclic) bond motifs is 1. The summed E-state index contributed by atoms with van der Waals surface area (Å²) < 4.78 is 45.2. The van der Waals surface area contributed by atoms with Crippen molar-refractivity contribution < 1.29 is 22.7 Å². The van der Waals surface area contributed by atoms with Gasteiger partial charge in [0.25, 0.3) is 0 Å². The number of alkyl halides is 3. The second-order valence-electron chi connectivity index (χ2n) is 5.20. The molecule has 0 fully saturated rings. The van der Waals surface area contributed by atoms with Crippen LogP contribution in [0.3, 0.4) is 0 Å². The van der Waals surface area contributed by atoms with E-state index >= 15 is 0 Å². The van der Waals surface area contributed by atoms with Crippen molar-refractivity contribution >= 4 is 6.09 Å². The Hall–Kier alpha value is -2.36. The molecule has 0 saturated carbocycles. The Morgan fingerprint density at radius 1 is 1.35 bits per heavy atom. The summed E-state index contributed by atoms with van der Waals surface area (Å²) in [5, 5.41) is 4.24. The quantitative estimate of drug-likeness (QED) is 0.856. The van der Waals surface area contributed by atoms with Crippen molar-refractivity contribution in [2.75, 3.05) is 13.1 Å². The lowest BCUT2D eigenvalue weighted by atomic mass is 10.3. The van der Waals surface area contributed by atoms with Crippen LogP contribution in [-0.4, -0.2) is 49.6 Å². The fourth-order valence-corrected chi connectivity index (χ4v) is 2.42. The lowest BCUT2D eigenvalue weighted by Crippen LogP contribution is -2.39. The van der Waals surface area contributed by atoms with E-state index in [-0.39, 0.29) is 19.7 Å². The summed E-state index contributed by atoms with van der Waals surface area (Å²) in [5.74, 6) is 0. The molecule has 1 aliphatic heterocycles. The van der Waals surface area contributed by atoms with E-state index < -0.39 is 18.8 Å². The van der Waals surface area contributed by atoms with Gasteiger partial charge in [-0.1, -0.05) is 0 Å². The lowest BCUT2D eigenvalue weighted by molar-refractivity contribution is -0.148. The topological polar surface area (TPSA) is 65.2 Å². The van der Waals surface area contributed by atoms with Crippen molar-refractivity contribution in [2.24, 2.45) is 0 Å². The van der Waals surface area contributed by atoms with Gasteiger partial charge in [0, 0.05) is 25.5 Å². The number of rotatable bonds is 3. The largest absolute Gasteiger partial charge is 0.442 e. The number of aromatic nitrogens is 4. The van der Waals surface area contributed by atoms with Gasteiger partial charge in [0.1, 0.15) is 18.6 Å². The fraction of sp³-hybridized carbons (Fsp3) is 0.462. The molecule has 0 N–H and O–H groups in total. The molecular weight excluding hydrogens is 315 g/mol. The standard InChI is InChI=1S/C13H14F3N5O2/c14-13(15,16)8-19-3-4-21-11(6-19)5-10(18-21)7-23-12(22)20-2-1-17-9-20/h1-2,5,9H,3-4,6-8H2. The van der Waals surface area contributed by atoms with Crippen LogP contribution in [0.5, 0.6) is 0 Å². The molecule has 7 nitrogen and oxygen atoms in total. The van der Waals surface area contributed by atoms with Crippen LogP contribution in [0.25, 0.3) is 0 Å². The number of carbonyl (C=O) groups is 1. The summed E-state index contributed by atoms with van der Waals surface area (Å²) in [6, 6.07) is 1.66. The Morgan fingerprint density at radius 2 is 2.17 bits per heavy atom. The SMILES string of the molecule is O=C(OCc1cc2n(n1)CCN(CC(F)(F)F)C2)n1ccnc1. The number of carbonyl (C=O) groups excluding carboxylic acids is 1. The molecule has 0 spiro atoms. The summed E-state index contributed by atoms with van der Waals surface area (Å²) in [6.45, 7) is -0.162. The van der Waals surface area contributed by atoms with Gasteiger partial charge in [-0.25, -0.2) is 14.3 Å². The minimum absolute atomic E-state index is 0.0454. The Labute approximate surface area is 129 Å². The summed E-state index contributed by atoms with van der Waals surface area (Å²) >= 11 is 0. The van der Waals surface area contributed by atoms with E-state index in [2.05, 4.69) is 10.1 Å². The van der Waals surface area contributed by atoms with Crippen molar-refractivity contribution in [1.29, 1.82) is 0 Å². The molecule has 1 aliphatic rings. The van der Waals surface area contributed by atoms with Gasteiger partial charge in [0.2, 0.25) is 0 Å². The average Bonchev–Trinajstić information content (AvgIpc) is 3.11. The number of nitrogens with zero attached hydrogens (tertiary/aromatic N) is 5. The van der Waals surface area contributed by atoms with Crippen LogP contribution in [0, 0.1) is 0 Å². The maximum atomic E-state index is 12.4. The van der Waals surface area contributed by atoms with Crippen LogP contribution in [0.1, 0.15) is 11.4 Å². The van der Waals surface area contributed by atoms with Gasteiger partial charge in [-0.3, -0.25) is 9.58 Å². The zero-order chi connectivity index (χ0) is 16.4. The third-order valence-corrected chi connectivity index (χ3v) is 3.39. The highest BCUT2D eigenvalue weighted by Crippen LogP contribution is 2.21. The maximum Gasteiger partial charge on any atom is 0.419 e. The van der Waals surface area contributed by atoms with Gasteiger partial charge < -0.3 is 4.74 Å². The number of imidazole rings is 1. The van der Waals surface area contributed by atoms with E-state index in [1.807, 2.05) is 0 Å². The van der Waals surface area contributed by atoms with Crippen LogP contribution in [0.2, 0.25) is 0 Å². The third kappa shape index (κ3) is 3.89. The Kier molecular flexibility index (Phi) is 4.07. The third-order valence-electron chi connectivity index (χ3n) is 3.39. The molecule has 23 heavy (non-hydrogen) atoms. The van der Waals surface area contributed by atoms with Gasteiger partial charge in [-0.2, -0.15) is 18.3 Å². The molecule has 2 aromatic heterocycles. The number of ether oxygens (including phenoxy) is 1. The van der Waals surface area contributed by atoms with Crippen molar-refractivity contribution in [3.05, 3.63) is 36.2 Å². The van der Waals surface area contributed by atoms with E-state index in [4.69, 9.17) is 4.74 Å². The predicted octanol–water partition coefficient (Wildman–Crippen LogP) is 1.64. The molecule has 3 heterocycles. The maximum absolute atomic E-state index is 12.4. The van der Waals surface area contributed by atoms with Crippen LogP contribution in [-0.2, 0) is 24.4 Å². The van der Waals surface area contributed by atoms with E-state index in [0.717, 1.165) is 0 Å². The summed E-state index contributed by atoms with van der Waals surface area (Å²) in [6.07, 6.45) is -0.588. The average molecular weight is 329 g/mol. The zero-order valence-corrected chi connectivity index (χ0v) is 12.0. The monoisotopic (exact) mass is 329 g/mol. The molecular formula is C13H14F3N5O2. The molecule has 0 atom stereocenters. The number of halogens is 3. The normalized spacial score (nSPS) is 15.4. The minimum atomic E-state index is -4.22. The fourth-order valence-electron chi connectivity index (χ4n) is 2.42. The van der Waals surface area contributed by atoms with E-state index in [9.17, 15) is 18.0 Å². The first kappa shape index (κ1) is 15.5. The molecule has 0 amide bonds. The van der Waals surface area contributed by atoms with Crippen LogP contribution in [0.4, 0.5) is 18.0 Å². The highest BCUT2D eigenvalue weighted by atomic mass is 19.4. The van der Waals surface area contributed by atoms with E-state index in [1.165, 1.54) is 28.2 Å². The molecule has 3 rings (SSSR count). The number of hydrogen-bond donors (Lipinski definition) is 0. The Bertz CT molecular complexity index is 680. The molecule has 0 aliphatic carbocycles. The molecule has 0 aromatic carbocycles. The highest BCUT2D eigenvalue weighted by Gasteiger charge is 2.32. The minimum Gasteiger partial charge on any atom is -0.442 e. The van der Waals surface area contributed by atoms with E-state index in [0.29, 0.717) is 17.9 Å². The van der Waals surface area contributed by atoms with Crippen LogP contribution in [0.15, 0.2) is 24.8 Å². The second kappa shape index (κ2) is 6.03. The molecule has 0 saturated heterocycles. The van der Waals surface area contributed by atoms with Crippen molar-refractivity contribution in [1.82, 2.24) is 24.2 Å². The first-order valence-corrected chi connectivity index (χ1v) is 6.90. The number of hydrogen-bond acceptors (Lipinski definition) is 5. The molecule has 2 aromatic rings. The smallest absolute Gasteiger partial charge is 0.419 e. The first-order valence-electron chi connectivity index (χ1n) is 6.90. The summed E-state index contributed by atoms with van der Waals surface area (Å²) in [7, 11) is 0. The highest BCUT2D eigenvalue weighted by molar-refractivity contribution is 5.69. The first-order chi connectivity index (χ1) is 10.9. The predicted molar refractivity (Wildman–Crippen MR) is 71.4 cm³/mol. The van der Waals surface area contributed by atoms with Crippen molar-refractivity contribution in [3.63, 3.8) is 0 Å². The van der Waals surface area contributed by atoms with Crippen molar-refractivity contribution in [3.8, 4) is 0 Å². The summed E-state index contributed by atoms with van der Waals surface area (Å²) in [5.41, 5.74) is 1.18. The zero-order valence-electron chi connectivity index (χ0n) is 12.0. The van der Waals surface area contributed by atoms with Gasteiger partial charge in [0.05, 0.1) is 18.8 Å². The molecule has 0 radical (unpaired) electrons. The Morgan fingerprint density at radius 3 is 2.87 bits per heavy atom. The Balaban J connectivity index is 1.59. The van der Waals surface area contributed by atoms with Crippen molar-refractivity contribution in [2.45, 2.75) is 25.9 Å². The molecule has 10 heteroatoms. The molecule has 0 bridgehead atoms. The van der Waals surface area contributed by atoms with Gasteiger partial charge in [-0.15, -0.1) is 0 Å². The second-order valence-corrected chi connectivity index (χ2v) is 5.20. The molecule has 0 unspecified atom stereocenters. The van der Waals surface area contributed by atoms with Crippen LogP contribution < -0.4 is 0 Å². The van der Waals surface area contributed by atoms with Crippen LogP contribution >= 0.6 is 0 Å². The van der Waals surface area contributed by atoms with E-state index in [1.54, 1.807) is 10.7 Å². The lowest BCUT2D eigenvalue weighted by Gasteiger charge is -2.28.